The summed E-state index contributed by atoms with van der Waals surface area (Å²) in [7, 11) is -3.65. The van der Waals surface area contributed by atoms with E-state index in [0.29, 0.717) is 19.0 Å². The Hall–Kier alpha value is -2.30. The SMILES string of the molecule is CC1CN(S(=O)(=O)c2ccc(C(=O)Nc3nnc(C(C)C)o3)cc2)CC(C)O1. The number of amides is 1. The number of nitrogens with zero attached hydrogens (tertiary/aromatic N) is 3. The molecule has 10 heteroatoms. The molecule has 0 aliphatic carbocycles. The number of hydrogen-bond acceptors (Lipinski definition) is 7. The number of hydrogen-bond donors (Lipinski definition) is 1. The molecular formula is C18H24N4O5S. The maximum atomic E-state index is 12.9. The van der Waals surface area contributed by atoms with Gasteiger partial charge in [-0.15, -0.1) is 5.10 Å². The van der Waals surface area contributed by atoms with Crippen LogP contribution in [0, 0.1) is 0 Å². The molecule has 2 atom stereocenters. The molecule has 3 rings (SSSR count). The predicted molar refractivity (Wildman–Crippen MR) is 102 cm³/mol. The summed E-state index contributed by atoms with van der Waals surface area (Å²) in [6.07, 6.45) is -0.345. The zero-order valence-electron chi connectivity index (χ0n) is 16.2. The van der Waals surface area contributed by atoms with Gasteiger partial charge in [-0.1, -0.05) is 18.9 Å². The number of morpholine rings is 1. The topological polar surface area (TPSA) is 115 Å². The Morgan fingerprint density at radius 1 is 1.14 bits per heavy atom. The summed E-state index contributed by atoms with van der Waals surface area (Å²) < 4.78 is 38.1. The Balaban J connectivity index is 1.72. The van der Waals surface area contributed by atoms with Crippen LogP contribution < -0.4 is 5.32 Å². The van der Waals surface area contributed by atoms with Crippen LogP contribution in [0.25, 0.3) is 0 Å². The van der Waals surface area contributed by atoms with E-state index in [1.807, 2.05) is 27.7 Å². The van der Waals surface area contributed by atoms with Crippen molar-refractivity contribution in [3.8, 4) is 0 Å². The lowest BCUT2D eigenvalue weighted by Gasteiger charge is -2.34. The molecule has 1 aliphatic rings. The first-order chi connectivity index (χ1) is 13.2. The van der Waals surface area contributed by atoms with Gasteiger partial charge in [-0.25, -0.2) is 8.42 Å². The van der Waals surface area contributed by atoms with Gasteiger partial charge in [0.05, 0.1) is 17.1 Å². The molecule has 1 saturated heterocycles. The van der Waals surface area contributed by atoms with E-state index >= 15 is 0 Å². The lowest BCUT2D eigenvalue weighted by atomic mass is 10.2. The van der Waals surface area contributed by atoms with E-state index in [4.69, 9.17) is 9.15 Å². The second-order valence-corrected chi connectivity index (χ2v) is 9.10. The number of nitrogens with one attached hydrogen (secondary N) is 1. The van der Waals surface area contributed by atoms with Gasteiger partial charge in [0.1, 0.15) is 0 Å². The highest BCUT2D eigenvalue weighted by atomic mass is 32.2. The fourth-order valence-corrected chi connectivity index (χ4v) is 4.53. The fourth-order valence-electron chi connectivity index (χ4n) is 2.94. The minimum absolute atomic E-state index is 0.00156. The number of aromatic nitrogens is 2. The van der Waals surface area contributed by atoms with Crippen molar-refractivity contribution in [2.45, 2.75) is 50.7 Å². The minimum Gasteiger partial charge on any atom is -0.408 e. The first-order valence-corrected chi connectivity index (χ1v) is 10.5. The summed E-state index contributed by atoms with van der Waals surface area (Å²) >= 11 is 0. The van der Waals surface area contributed by atoms with Crippen LogP contribution in [-0.4, -0.2) is 54.1 Å². The summed E-state index contributed by atoms with van der Waals surface area (Å²) in [6, 6.07) is 5.75. The average molecular weight is 408 g/mol. The zero-order valence-corrected chi connectivity index (χ0v) is 17.1. The first kappa shape index (κ1) is 20.4. The molecule has 0 bridgehead atoms. The summed E-state index contributed by atoms with van der Waals surface area (Å²) in [5.41, 5.74) is 0.284. The standard InChI is InChI=1S/C18H24N4O5S/c1-11(2)17-20-21-18(27-17)19-16(23)14-5-7-15(8-6-14)28(24,25)22-9-12(3)26-13(4)10-22/h5-8,11-13H,9-10H2,1-4H3,(H,19,21,23). The predicted octanol–water partition coefficient (Wildman–Crippen LogP) is 2.24. The molecule has 28 heavy (non-hydrogen) atoms. The normalized spacial score (nSPS) is 21.0. The molecule has 1 fully saturated rings. The van der Waals surface area contributed by atoms with Crippen LogP contribution in [0.4, 0.5) is 6.01 Å². The Kier molecular flexibility index (Phi) is 5.82. The second kappa shape index (κ2) is 7.98. The molecule has 1 amide bonds. The van der Waals surface area contributed by atoms with Crippen LogP contribution in [0.5, 0.6) is 0 Å². The quantitative estimate of drug-likeness (QED) is 0.807. The highest BCUT2D eigenvalue weighted by Crippen LogP contribution is 2.22. The van der Waals surface area contributed by atoms with E-state index in [9.17, 15) is 13.2 Å². The summed E-state index contributed by atoms with van der Waals surface area (Å²) in [5, 5.41) is 10.1. The van der Waals surface area contributed by atoms with E-state index in [0.717, 1.165) is 0 Å². The lowest BCUT2D eigenvalue weighted by molar-refractivity contribution is -0.0440. The number of benzene rings is 1. The number of sulfonamides is 1. The molecule has 2 heterocycles. The minimum atomic E-state index is -3.65. The van der Waals surface area contributed by atoms with Gasteiger partial charge in [0, 0.05) is 24.6 Å². The van der Waals surface area contributed by atoms with E-state index in [2.05, 4.69) is 15.5 Å². The maximum Gasteiger partial charge on any atom is 0.322 e. The van der Waals surface area contributed by atoms with Gasteiger partial charge in [0.25, 0.3) is 5.91 Å². The molecule has 152 valence electrons. The fraction of sp³-hybridized carbons (Fsp3) is 0.500. The third-order valence-corrected chi connectivity index (χ3v) is 6.14. The van der Waals surface area contributed by atoms with Crippen molar-refractivity contribution in [1.82, 2.24) is 14.5 Å². The van der Waals surface area contributed by atoms with Crippen molar-refractivity contribution in [2.24, 2.45) is 0 Å². The van der Waals surface area contributed by atoms with Crippen molar-refractivity contribution >= 4 is 21.9 Å². The monoisotopic (exact) mass is 408 g/mol. The first-order valence-electron chi connectivity index (χ1n) is 9.07. The lowest BCUT2D eigenvalue weighted by Crippen LogP contribution is -2.48. The van der Waals surface area contributed by atoms with Crippen molar-refractivity contribution in [3.05, 3.63) is 35.7 Å². The Morgan fingerprint density at radius 3 is 2.29 bits per heavy atom. The van der Waals surface area contributed by atoms with Crippen LogP contribution in [0.1, 0.15) is 49.9 Å². The van der Waals surface area contributed by atoms with Gasteiger partial charge in [-0.05, 0) is 38.1 Å². The van der Waals surface area contributed by atoms with Crippen molar-refractivity contribution in [1.29, 1.82) is 0 Å². The van der Waals surface area contributed by atoms with Crippen molar-refractivity contribution < 1.29 is 22.4 Å². The molecular weight excluding hydrogens is 384 g/mol. The highest BCUT2D eigenvalue weighted by Gasteiger charge is 2.32. The van der Waals surface area contributed by atoms with Crippen molar-refractivity contribution in [3.63, 3.8) is 0 Å². The van der Waals surface area contributed by atoms with E-state index in [-0.39, 0.29) is 34.6 Å². The number of carbonyl (C=O) groups excluding carboxylic acids is 1. The number of carbonyl (C=O) groups is 1. The largest absolute Gasteiger partial charge is 0.408 e. The van der Waals surface area contributed by atoms with Gasteiger partial charge in [-0.2, -0.15) is 4.31 Å². The third kappa shape index (κ3) is 4.40. The molecule has 9 nitrogen and oxygen atoms in total. The van der Waals surface area contributed by atoms with Gasteiger partial charge in [0.15, 0.2) is 0 Å². The van der Waals surface area contributed by atoms with Crippen molar-refractivity contribution in [2.75, 3.05) is 18.4 Å². The van der Waals surface area contributed by atoms with Crippen LogP contribution in [-0.2, 0) is 14.8 Å². The highest BCUT2D eigenvalue weighted by molar-refractivity contribution is 7.89. The molecule has 0 radical (unpaired) electrons. The van der Waals surface area contributed by atoms with Gasteiger partial charge < -0.3 is 9.15 Å². The molecule has 1 aromatic heterocycles. The number of ether oxygens (including phenoxy) is 1. The molecule has 1 N–H and O–H groups in total. The Labute approximate surface area is 164 Å². The van der Waals surface area contributed by atoms with E-state index < -0.39 is 15.9 Å². The second-order valence-electron chi connectivity index (χ2n) is 7.16. The summed E-state index contributed by atoms with van der Waals surface area (Å²) in [5.74, 6) is 0.00972. The van der Waals surface area contributed by atoms with Crippen LogP contribution in [0.3, 0.4) is 0 Å². The van der Waals surface area contributed by atoms with Gasteiger partial charge in [0.2, 0.25) is 15.9 Å². The zero-order chi connectivity index (χ0) is 20.5. The van der Waals surface area contributed by atoms with Crippen LogP contribution >= 0.6 is 0 Å². The van der Waals surface area contributed by atoms with Crippen LogP contribution in [0.2, 0.25) is 0 Å². The van der Waals surface area contributed by atoms with E-state index in [1.165, 1.54) is 28.6 Å². The number of rotatable bonds is 5. The molecule has 1 aromatic carbocycles. The number of anilines is 1. The van der Waals surface area contributed by atoms with E-state index in [1.54, 1.807) is 0 Å². The maximum absolute atomic E-state index is 12.9. The molecule has 0 spiro atoms. The molecule has 2 unspecified atom stereocenters. The third-order valence-electron chi connectivity index (χ3n) is 4.30. The summed E-state index contributed by atoms with van der Waals surface area (Å²) in [6.45, 7) is 8.07. The van der Waals surface area contributed by atoms with Gasteiger partial charge in [-0.3, -0.25) is 10.1 Å². The Bertz CT molecular complexity index is 929. The summed E-state index contributed by atoms with van der Waals surface area (Å²) in [4.78, 5) is 12.5. The smallest absolute Gasteiger partial charge is 0.322 e. The van der Waals surface area contributed by atoms with Gasteiger partial charge >= 0.3 is 6.01 Å². The molecule has 1 aliphatic heterocycles. The average Bonchev–Trinajstić information content (AvgIpc) is 3.10. The van der Waals surface area contributed by atoms with Crippen LogP contribution in [0.15, 0.2) is 33.6 Å². The molecule has 2 aromatic rings. The molecule has 0 saturated carbocycles. The Morgan fingerprint density at radius 2 is 1.75 bits per heavy atom.